The van der Waals surface area contributed by atoms with Crippen molar-refractivity contribution < 1.29 is 13.9 Å². The molecule has 0 unspecified atom stereocenters. The van der Waals surface area contributed by atoms with E-state index < -0.39 is 5.82 Å². The number of halogens is 1. The summed E-state index contributed by atoms with van der Waals surface area (Å²) in [7, 11) is 0. The lowest BCUT2D eigenvalue weighted by Crippen LogP contribution is -2.02. The summed E-state index contributed by atoms with van der Waals surface area (Å²) in [4.78, 5) is 11.6. The Morgan fingerprint density at radius 2 is 1.80 bits per heavy atom. The van der Waals surface area contributed by atoms with Crippen LogP contribution in [0.15, 0.2) is 30.3 Å². The molecule has 0 saturated carbocycles. The Morgan fingerprint density at radius 3 is 2.45 bits per heavy atom. The standard InChI is InChI=1S/C17H17FO2/c1-10-8-11(2)12(3)16(9-10)20-15-7-5-6-14(18)17(15)13(4)19/h5-9H,1-4H3. The van der Waals surface area contributed by atoms with E-state index in [-0.39, 0.29) is 17.1 Å². The smallest absolute Gasteiger partial charge is 0.166 e. The Balaban J connectivity index is 2.51. The molecule has 0 aliphatic rings. The van der Waals surface area contributed by atoms with E-state index in [9.17, 15) is 9.18 Å². The molecule has 0 aromatic heterocycles. The van der Waals surface area contributed by atoms with Crippen LogP contribution in [-0.2, 0) is 0 Å². The molecule has 2 aromatic carbocycles. The molecule has 0 N–H and O–H groups in total. The van der Waals surface area contributed by atoms with Crippen molar-refractivity contribution >= 4 is 5.78 Å². The van der Waals surface area contributed by atoms with Crippen LogP contribution in [0.25, 0.3) is 0 Å². The molecular weight excluding hydrogens is 255 g/mol. The first-order chi connectivity index (χ1) is 9.40. The number of hydrogen-bond acceptors (Lipinski definition) is 2. The number of ether oxygens (including phenoxy) is 1. The van der Waals surface area contributed by atoms with E-state index in [2.05, 4.69) is 6.07 Å². The highest BCUT2D eigenvalue weighted by molar-refractivity contribution is 5.97. The largest absolute Gasteiger partial charge is 0.456 e. The molecule has 2 nitrogen and oxygen atoms in total. The molecule has 0 amide bonds. The fourth-order valence-electron chi connectivity index (χ4n) is 2.16. The van der Waals surface area contributed by atoms with Gasteiger partial charge in [0, 0.05) is 0 Å². The second kappa shape index (κ2) is 5.45. The van der Waals surface area contributed by atoms with Gasteiger partial charge in [-0.15, -0.1) is 0 Å². The van der Waals surface area contributed by atoms with Crippen molar-refractivity contribution in [3.05, 3.63) is 58.4 Å². The Hall–Kier alpha value is -2.16. The number of aryl methyl sites for hydroxylation is 2. The molecule has 0 aliphatic heterocycles. The lowest BCUT2D eigenvalue weighted by atomic mass is 10.1. The SMILES string of the molecule is CC(=O)c1c(F)cccc1Oc1cc(C)cc(C)c1C. The molecule has 104 valence electrons. The summed E-state index contributed by atoms with van der Waals surface area (Å²) in [5, 5.41) is 0. The number of benzene rings is 2. The maximum absolute atomic E-state index is 13.8. The lowest BCUT2D eigenvalue weighted by Gasteiger charge is -2.14. The number of carbonyl (C=O) groups is 1. The van der Waals surface area contributed by atoms with Crippen LogP contribution in [0.1, 0.15) is 34.0 Å². The maximum atomic E-state index is 13.8. The summed E-state index contributed by atoms with van der Waals surface area (Å²) in [6.45, 7) is 7.24. The number of hydrogen-bond donors (Lipinski definition) is 0. The van der Waals surface area contributed by atoms with Crippen molar-refractivity contribution in [2.24, 2.45) is 0 Å². The van der Waals surface area contributed by atoms with Crippen molar-refractivity contribution in [3.63, 3.8) is 0 Å². The van der Waals surface area contributed by atoms with Crippen LogP contribution in [0.2, 0.25) is 0 Å². The van der Waals surface area contributed by atoms with Crippen LogP contribution in [0.3, 0.4) is 0 Å². The van der Waals surface area contributed by atoms with E-state index in [1.807, 2.05) is 26.8 Å². The normalized spacial score (nSPS) is 10.4. The third-order valence-corrected chi connectivity index (χ3v) is 3.31. The molecular formula is C17H17FO2. The molecule has 20 heavy (non-hydrogen) atoms. The maximum Gasteiger partial charge on any atom is 0.166 e. The zero-order valence-electron chi connectivity index (χ0n) is 12.1. The molecule has 0 aliphatic carbocycles. The summed E-state index contributed by atoms with van der Waals surface area (Å²) in [6.07, 6.45) is 0. The third-order valence-electron chi connectivity index (χ3n) is 3.31. The van der Waals surface area contributed by atoms with Gasteiger partial charge in [-0.05, 0) is 62.6 Å². The minimum Gasteiger partial charge on any atom is -0.456 e. The van der Waals surface area contributed by atoms with Gasteiger partial charge < -0.3 is 4.74 Å². The summed E-state index contributed by atoms with van der Waals surface area (Å²) >= 11 is 0. The highest BCUT2D eigenvalue weighted by Gasteiger charge is 2.16. The Kier molecular flexibility index (Phi) is 3.89. The first kappa shape index (κ1) is 14.3. The summed E-state index contributed by atoms with van der Waals surface area (Å²) in [5.41, 5.74) is 3.13. The Bertz CT molecular complexity index is 675. The number of ketones is 1. The fourth-order valence-corrected chi connectivity index (χ4v) is 2.16. The van der Waals surface area contributed by atoms with Crippen molar-refractivity contribution in [1.82, 2.24) is 0 Å². The molecule has 0 bridgehead atoms. The number of rotatable bonds is 3. The van der Waals surface area contributed by atoms with Gasteiger partial charge in [0.05, 0.1) is 5.56 Å². The predicted molar refractivity (Wildman–Crippen MR) is 77.1 cm³/mol. The van der Waals surface area contributed by atoms with Crippen LogP contribution in [-0.4, -0.2) is 5.78 Å². The zero-order valence-corrected chi connectivity index (χ0v) is 12.1. The van der Waals surface area contributed by atoms with E-state index >= 15 is 0 Å². The summed E-state index contributed by atoms with van der Waals surface area (Å²) in [5.74, 6) is -0.00152. The Labute approximate surface area is 118 Å². The molecule has 0 saturated heterocycles. The minimum atomic E-state index is -0.558. The highest BCUT2D eigenvalue weighted by atomic mass is 19.1. The van der Waals surface area contributed by atoms with Crippen LogP contribution >= 0.6 is 0 Å². The van der Waals surface area contributed by atoms with Gasteiger partial charge in [0.2, 0.25) is 0 Å². The first-order valence-electron chi connectivity index (χ1n) is 6.45. The van der Waals surface area contributed by atoms with E-state index in [0.717, 1.165) is 16.7 Å². The summed E-state index contributed by atoms with van der Waals surface area (Å²) in [6, 6.07) is 8.35. The second-order valence-corrected chi connectivity index (χ2v) is 4.98. The summed E-state index contributed by atoms with van der Waals surface area (Å²) < 4.78 is 19.5. The van der Waals surface area contributed by atoms with Crippen molar-refractivity contribution in [2.75, 3.05) is 0 Å². The fraction of sp³-hybridized carbons (Fsp3) is 0.235. The van der Waals surface area contributed by atoms with Crippen molar-refractivity contribution in [3.8, 4) is 11.5 Å². The first-order valence-corrected chi connectivity index (χ1v) is 6.45. The average molecular weight is 272 g/mol. The van der Waals surface area contributed by atoms with Crippen molar-refractivity contribution in [1.29, 1.82) is 0 Å². The van der Waals surface area contributed by atoms with Crippen LogP contribution in [0.5, 0.6) is 11.5 Å². The van der Waals surface area contributed by atoms with Gasteiger partial charge in [0.25, 0.3) is 0 Å². The molecule has 0 fully saturated rings. The topological polar surface area (TPSA) is 26.3 Å². The lowest BCUT2D eigenvalue weighted by molar-refractivity contribution is 0.101. The van der Waals surface area contributed by atoms with Gasteiger partial charge >= 0.3 is 0 Å². The molecule has 0 radical (unpaired) electrons. The molecule has 0 spiro atoms. The predicted octanol–water partition coefficient (Wildman–Crippen LogP) is 4.75. The quantitative estimate of drug-likeness (QED) is 0.754. The average Bonchev–Trinajstić information content (AvgIpc) is 2.35. The van der Waals surface area contributed by atoms with Crippen molar-refractivity contribution in [2.45, 2.75) is 27.7 Å². The molecule has 0 atom stereocenters. The van der Waals surface area contributed by atoms with Gasteiger partial charge in [-0.1, -0.05) is 12.1 Å². The van der Waals surface area contributed by atoms with Gasteiger partial charge in [0.15, 0.2) is 5.78 Å². The zero-order chi connectivity index (χ0) is 14.9. The Morgan fingerprint density at radius 1 is 1.10 bits per heavy atom. The van der Waals surface area contributed by atoms with E-state index in [4.69, 9.17) is 4.74 Å². The molecule has 0 heterocycles. The van der Waals surface area contributed by atoms with E-state index in [1.54, 1.807) is 6.07 Å². The molecule has 2 rings (SSSR count). The van der Waals surface area contributed by atoms with E-state index in [1.165, 1.54) is 19.1 Å². The van der Waals surface area contributed by atoms with Crippen LogP contribution in [0, 0.1) is 26.6 Å². The van der Waals surface area contributed by atoms with Gasteiger partial charge in [-0.3, -0.25) is 4.79 Å². The van der Waals surface area contributed by atoms with Gasteiger partial charge in [-0.2, -0.15) is 0 Å². The molecule has 2 aromatic rings. The highest BCUT2D eigenvalue weighted by Crippen LogP contribution is 2.31. The van der Waals surface area contributed by atoms with Gasteiger partial charge in [0.1, 0.15) is 17.3 Å². The third kappa shape index (κ3) is 2.72. The number of Topliss-reactive ketones (excluding diaryl/α,β-unsaturated/α-hetero) is 1. The second-order valence-electron chi connectivity index (χ2n) is 4.98. The van der Waals surface area contributed by atoms with E-state index in [0.29, 0.717) is 5.75 Å². The number of carbonyl (C=O) groups excluding carboxylic acids is 1. The monoisotopic (exact) mass is 272 g/mol. The van der Waals surface area contributed by atoms with Gasteiger partial charge in [-0.25, -0.2) is 4.39 Å². The minimum absolute atomic E-state index is 0.00828. The van der Waals surface area contributed by atoms with Crippen LogP contribution < -0.4 is 4.74 Å². The van der Waals surface area contributed by atoms with Crippen LogP contribution in [0.4, 0.5) is 4.39 Å². The molecule has 3 heteroatoms.